The predicted octanol–water partition coefficient (Wildman–Crippen LogP) is 5.37. The molecule has 3 aromatic rings. The van der Waals surface area contributed by atoms with Crippen LogP contribution in [0.25, 0.3) is 0 Å². The van der Waals surface area contributed by atoms with Gasteiger partial charge in [0.25, 0.3) is 17.3 Å². The van der Waals surface area contributed by atoms with Crippen LogP contribution in [-0.4, -0.2) is 21.7 Å². The van der Waals surface area contributed by atoms with E-state index in [1.807, 2.05) is 0 Å². The molecule has 33 heavy (non-hydrogen) atoms. The number of nitrogens with one attached hydrogen (secondary N) is 1. The third kappa shape index (κ3) is 5.80. The van der Waals surface area contributed by atoms with Gasteiger partial charge in [-0.1, -0.05) is 12.1 Å². The van der Waals surface area contributed by atoms with Crippen molar-refractivity contribution in [3.63, 3.8) is 0 Å². The summed E-state index contributed by atoms with van der Waals surface area (Å²) in [5.74, 6) is -1.65. The quantitative estimate of drug-likeness (QED) is 0.249. The minimum atomic E-state index is -1.11. The average molecular weight is 514 g/mol. The van der Waals surface area contributed by atoms with Gasteiger partial charge in [0.2, 0.25) is 0 Å². The summed E-state index contributed by atoms with van der Waals surface area (Å²) in [7, 11) is 0. The number of nitro groups is 2. The second-order valence-electron chi connectivity index (χ2n) is 6.24. The lowest BCUT2D eigenvalue weighted by Gasteiger charge is -2.07. The predicted molar refractivity (Wildman–Crippen MR) is 118 cm³/mol. The van der Waals surface area contributed by atoms with E-state index in [-0.39, 0.29) is 0 Å². The van der Waals surface area contributed by atoms with E-state index in [1.54, 1.807) is 24.3 Å². The Morgan fingerprint density at radius 2 is 1.61 bits per heavy atom. The average Bonchev–Trinajstić information content (AvgIpc) is 2.81. The van der Waals surface area contributed by atoms with E-state index in [9.17, 15) is 29.8 Å². The fraction of sp³-hybridized carbons (Fsp3) is 0. The van der Waals surface area contributed by atoms with Crippen LogP contribution in [-0.2, 0) is 4.84 Å². The van der Waals surface area contributed by atoms with Gasteiger partial charge in [0.05, 0.1) is 32.9 Å². The first-order valence-electron chi connectivity index (χ1n) is 8.97. The Hall–Kier alpha value is -4.52. The SMILES string of the molecule is O=C(N=Nc1ccc(NOC(=O)c2ccc([N+](=O)[O-])cc2[N+](=O)[O-])cc1)c1ccccc1Br. The monoisotopic (exact) mass is 513 g/mol. The zero-order valence-corrected chi connectivity index (χ0v) is 18.0. The molecule has 0 unspecified atom stereocenters. The Kier molecular flexibility index (Phi) is 7.15. The summed E-state index contributed by atoms with van der Waals surface area (Å²) in [5.41, 5.74) is 1.56. The normalized spacial score (nSPS) is 10.6. The van der Waals surface area contributed by atoms with Gasteiger partial charge < -0.3 is 4.84 Å². The number of hydrogen-bond acceptors (Lipinski definition) is 9. The summed E-state index contributed by atoms with van der Waals surface area (Å²) in [6.07, 6.45) is 0. The second kappa shape index (κ2) is 10.2. The van der Waals surface area contributed by atoms with Crippen molar-refractivity contribution >= 4 is 50.6 Å². The van der Waals surface area contributed by atoms with Gasteiger partial charge in [-0.15, -0.1) is 10.2 Å². The molecule has 0 spiro atoms. The van der Waals surface area contributed by atoms with Crippen LogP contribution in [0.4, 0.5) is 22.7 Å². The van der Waals surface area contributed by atoms with Crippen molar-refractivity contribution in [3.05, 3.63) is 103 Å². The van der Waals surface area contributed by atoms with E-state index in [2.05, 4.69) is 31.6 Å². The van der Waals surface area contributed by atoms with Crippen molar-refractivity contribution in [3.8, 4) is 0 Å². The van der Waals surface area contributed by atoms with Gasteiger partial charge in [0, 0.05) is 10.5 Å². The smallest absolute Gasteiger partial charge is 0.338 e. The fourth-order valence-electron chi connectivity index (χ4n) is 2.51. The molecule has 0 fully saturated rings. The summed E-state index contributed by atoms with van der Waals surface area (Å²) in [6.45, 7) is 0. The number of nitro benzene ring substituents is 2. The van der Waals surface area contributed by atoms with Crippen molar-refractivity contribution in [2.75, 3.05) is 5.48 Å². The fourth-order valence-corrected chi connectivity index (χ4v) is 2.96. The van der Waals surface area contributed by atoms with Gasteiger partial charge in [0.15, 0.2) is 0 Å². The molecule has 12 nitrogen and oxygen atoms in total. The summed E-state index contributed by atoms with van der Waals surface area (Å²) < 4.78 is 0.587. The highest BCUT2D eigenvalue weighted by molar-refractivity contribution is 9.10. The highest BCUT2D eigenvalue weighted by Crippen LogP contribution is 2.26. The number of benzene rings is 3. The first-order valence-corrected chi connectivity index (χ1v) is 9.76. The molecule has 1 N–H and O–H groups in total. The van der Waals surface area contributed by atoms with Crippen LogP contribution in [0.3, 0.4) is 0 Å². The van der Waals surface area contributed by atoms with Crippen molar-refractivity contribution in [1.29, 1.82) is 0 Å². The Morgan fingerprint density at radius 3 is 2.24 bits per heavy atom. The summed E-state index contributed by atoms with van der Waals surface area (Å²) >= 11 is 3.26. The molecule has 1 amide bonds. The van der Waals surface area contributed by atoms with Crippen molar-refractivity contribution in [2.45, 2.75) is 0 Å². The maximum atomic E-state index is 12.2. The van der Waals surface area contributed by atoms with Gasteiger partial charge in [-0.25, -0.2) is 10.3 Å². The summed E-state index contributed by atoms with van der Waals surface area (Å²) in [5, 5.41) is 29.4. The number of hydrogen-bond donors (Lipinski definition) is 1. The molecule has 0 heterocycles. The van der Waals surface area contributed by atoms with Crippen LogP contribution in [0.1, 0.15) is 20.7 Å². The lowest BCUT2D eigenvalue weighted by atomic mass is 10.1. The van der Waals surface area contributed by atoms with Crippen molar-refractivity contribution < 1.29 is 24.3 Å². The number of carbonyl (C=O) groups excluding carboxylic acids is 2. The molecule has 0 saturated carbocycles. The second-order valence-corrected chi connectivity index (χ2v) is 7.09. The largest absolute Gasteiger partial charge is 0.369 e. The molecule has 0 aliphatic heterocycles. The lowest BCUT2D eigenvalue weighted by Crippen LogP contribution is -2.12. The summed E-state index contributed by atoms with van der Waals surface area (Å²) in [4.78, 5) is 49.3. The Morgan fingerprint density at radius 1 is 0.909 bits per heavy atom. The molecule has 3 aromatic carbocycles. The maximum absolute atomic E-state index is 12.2. The van der Waals surface area contributed by atoms with Gasteiger partial charge in [-0.2, -0.15) is 0 Å². The molecular weight excluding hydrogens is 502 g/mol. The molecule has 166 valence electrons. The number of nitrogens with zero attached hydrogens (tertiary/aromatic N) is 4. The van der Waals surface area contributed by atoms with E-state index >= 15 is 0 Å². The zero-order chi connectivity index (χ0) is 24.0. The Labute approximate surface area is 193 Å². The zero-order valence-electron chi connectivity index (χ0n) is 16.4. The van der Waals surface area contributed by atoms with Gasteiger partial charge in [-0.3, -0.25) is 25.0 Å². The lowest BCUT2D eigenvalue weighted by molar-refractivity contribution is -0.394. The number of non-ortho nitro benzene ring substituents is 1. The number of halogens is 1. The third-order valence-electron chi connectivity index (χ3n) is 4.10. The molecule has 0 aromatic heterocycles. The molecular formula is C20H12BrN5O7. The highest BCUT2D eigenvalue weighted by Gasteiger charge is 2.25. The molecule has 3 rings (SSSR count). The Balaban J connectivity index is 1.64. The first-order chi connectivity index (χ1) is 15.8. The van der Waals surface area contributed by atoms with Gasteiger partial charge in [0.1, 0.15) is 5.56 Å². The van der Waals surface area contributed by atoms with Crippen LogP contribution in [0, 0.1) is 20.2 Å². The van der Waals surface area contributed by atoms with Gasteiger partial charge in [-0.05, 0) is 58.4 Å². The topological polar surface area (TPSA) is 166 Å². The van der Waals surface area contributed by atoms with E-state index in [4.69, 9.17) is 4.84 Å². The van der Waals surface area contributed by atoms with E-state index in [0.717, 1.165) is 12.1 Å². The molecule has 0 aliphatic carbocycles. The van der Waals surface area contributed by atoms with Crippen molar-refractivity contribution in [1.82, 2.24) is 0 Å². The molecule has 0 aliphatic rings. The third-order valence-corrected chi connectivity index (χ3v) is 4.79. The molecule has 0 radical (unpaired) electrons. The first kappa shape index (κ1) is 23.1. The number of amides is 1. The van der Waals surface area contributed by atoms with Crippen LogP contribution < -0.4 is 5.48 Å². The van der Waals surface area contributed by atoms with E-state index < -0.39 is 38.7 Å². The molecule has 13 heteroatoms. The minimum absolute atomic E-state index is 0.295. The number of azo groups is 1. The maximum Gasteiger partial charge on any atom is 0.369 e. The number of carbonyl (C=O) groups is 2. The Bertz CT molecular complexity index is 1280. The van der Waals surface area contributed by atoms with Crippen LogP contribution in [0.5, 0.6) is 0 Å². The van der Waals surface area contributed by atoms with Crippen molar-refractivity contribution in [2.24, 2.45) is 10.2 Å². The van der Waals surface area contributed by atoms with Gasteiger partial charge >= 0.3 is 5.97 Å². The molecule has 0 saturated heterocycles. The van der Waals surface area contributed by atoms with Crippen LogP contribution in [0.15, 0.2) is 81.4 Å². The highest BCUT2D eigenvalue weighted by atomic mass is 79.9. The van der Waals surface area contributed by atoms with E-state index in [0.29, 0.717) is 27.5 Å². The standard InChI is InChI=1S/C20H12BrN5O7/c21-17-4-2-1-3-15(17)19(27)23-22-12-5-7-13(8-6-12)24-33-20(28)16-10-9-14(25(29)30)11-18(16)26(31)32/h1-11,24H. The summed E-state index contributed by atoms with van der Waals surface area (Å²) in [6, 6.07) is 15.2. The van der Waals surface area contributed by atoms with Crippen LogP contribution in [0.2, 0.25) is 0 Å². The minimum Gasteiger partial charge on any atom is -0.338 e. The van der Waals surface area contributed by atoms with E-state index in [1.165, 1.54) is 24.3 Å². The molecule has 0 bridgehead atoms. The number of anilines is 1. The number of rotatable bonds is 7. The molecule has 0 atom stereocenters. The van der Waals surface area contributed by atoms with Crippen LogP contribution >= 0.6 is 15.9 Å².